The number of esters is 3. The van der Waals surface area contributed by atoms with Crippen molar-refractivity contribution in [2.75, 3.05) is 13.2 Å². The SMILES string of the molecule is CCCCCCC/C=C\C/C=C\C/C=C\CCCCCCCCCCCCCCCCC(=O)OCC(COC(=O)CCCCCCC/C=C\CCCCCCC)OC(=O)CCCCCCCCCCCCCCCCCCC. The van der Waals surface area contributed by atoms with Crippen LogP contribution >= 0.6 is 0 Å². The number of rotatable bonds is 64. The largest absolute Gasteiger partial charge is 0.462 e. The summed E-state index contributed by atoms with van der Waals surface area (Å²) in [6.45, 7) is 6.67. The molecule has 0 aromatic rings. The third-order valence-corrected chi connectivity index (χ3v) is 15.6. The number of carbonyl (C=O) groups excluding carboxylic acids is 3. The lowest BCUT2D eigenvalue weighted by Crippen LogP contribution is -2.30. The molecule has 0 saturated carbocycles. The number of allylic oxidation sites excluding steroid dienone is 8. The monoisotopic (exact) mass is 1090 g/mol. The molecule has 78 heavy (non-hydrogen) atoms. The summed E-state index contributed by atoms with van der Waals surface area (Å²) in [5.41, 5.74) is 0. The minimum absolute atomic E-state index is 0.0713. The maximum atomic E-state index is 12.9. The molecule has 1 unspecified atom stereocenters. The molecule has 0 N–H and O–H groups in total. The van der Waals surface area contributed by atoms with Gasteiger partial charge in [0.25, 0.3) is 0 Å². The van der Waals surface area contributed by atoms with E-state index < -0.39 is 6.10 Å². The van der Waals surface area contributed by atoms with Crippen LogP contribution in [-0.2, 0) is 28.6 Å². The van der Waals surface area contributed by atoms with E-state index in [1.54, 1.807) is 0 Å². The van der Waals surface area contributed by atoms with Crippen LogP contribution in [0.1, 0.15) is 374 Å². The highest BCUT2D eigenvalue weighted by molar-refractivity contribution is 5.71. The predicted molar refractivity (Wildman–Crippen MR) is 339 cm³/mol. The van der Waals surface area contributed by atoms with E-state index in [9.17, 15) is 14.4 Å². The zero-order chi connectivity index (χ0) is 56.4. The highest BCUT2D eigenvalue weighted by Gasteiger charge is 2.19. The first-order valence-electron chi connectivity index (χ1n) is 34.6. The van der Waals surface area contributed by atoms with Crippen molar-refractivity contribution in [3.05, 3.63) is 48.6 Å². The smallest absolute Gasteiger partial charge is 0.306 e. The van der Waals surface area contributed by atoms with Crippen LogP contribution < -0.4 is 0 Å². The Labute approximate surface area is 486 Å². The molecule has 1 atom stereocenters. The van der Waals surface area contributed by atoms with E-state index in [2.05, 4.69) is 69.4 Å². The number of hydrogen-bond donors (Lipinski definition) is 0. The molecule has 456 valence electrons. The molecule has 0 spiro atoms. The maximum absolute atomic E-state index is 12.9. The van der Waals surface area contributed by atoms with Gasteiger partial charge in [0.15, 0.2) is 6.10 Å². The molecule has 0 saturated heterocycles. The first kappa shape index (κ1) is 75.4. The van der Waals surface area contributed by atoms with Crippen molar-refractivity contribution < 1.29 is 28.6 Å². The van der Waals surface area contributed by atoms with Gasteiger partial charge in [0, 0.05) is 19.3 Å². The Hall–Kier alpha value is -2.63. The van der Waals surface area contributed by atoms with Crippen LogP contribution in [0.4, 0.5) is 0 Å². The van der Waals surface area contributed by atoms with Gasteiger partial charge in [-0.1, -0.05) is 320 Å². The minimum Gasteiger partial charge on any atom is -0.462 e. The van der Waals surface area contributed by atoms with Crippen LogP contribution in [0.3, 0.4) is 0 Å². The van der Waals surface area contributed by atoms with Crippen molar-refractivity contribution in [3.8, 4) is 0 Å². The second-order valence-corrected chi connectivity index (χ2v) is 23.4. The van der Waals surface area contributed by atoms with Crippen molar-refractivity contribution in [2.24, 2.45) is 0 Å². The molecular formula is C72H132O6. The summed E-state index contributed by atoms with van der Waals surface area (Å²) < 4.78 is 17.0. The van der Waals surface area contributed by atoms with Crippen molar-refractivity contribution in [1.82, 2.24) is 0 Å². The van der Waals surface area contributed by atoms with Gasteiger partial charge in [-0.2, -0.15) is 0 Å². The fourth-order valence-electron chi connectivity index (χ4n) is 10.3. The minimum atomic E-state index is -0.774. The number of hydrogen-bond acceptors (Lipinski definition) is 6. The van der Waals surface area contributed by atoms with Crippen LogP contribution in [0.15, 0.2) is 48.6 Å². The first-order valence-corrected chi connectivity index (χ1v) is 34.6. The zero-order valence-corrected chi connectivity index (χ0v) is 52.5. The fraction of sp³-hybridized carbons (Fsp3) is 0.847. The van der Waals surface area contributed by atoms with Gasteiger partial charge >= 0.3 is 17.9 Å². The Morgan fingerprint density at radius 2 is 0.462 bits per heavy atom. The second-order valence-electron chi connectivity index (χ2n) is 23.4. The van der Waals surface area contributed by atoms with Gasteiger partial charge in [-0.15, -0.1) is 0 Å². The van der Waals surface area contributed by atoms with E-state index >= 15 is 0 Å². The Morgan fingerprint density at radius 1 is 0.256 bits per heavy atom. The molecule has 0 radical (unpaired) electrons. The molecule has 0 aliphatic rings. The summed E-state index contributed by atoms with van der Waals surface area (Å²) in [4.78, 5) is 38.4. The summed E-state index contributed by atoms with van der Waals surface area (Å²) in [6, 6.07) is 0. The van der Waals surface area contributed by atoms with Crippen molar-refractivity contribution in [1.29, 1.82) is 0 Å². The molecule has 0 aliphatic heterocycles. The molecule has 0 heterocycles. The fourth-order valence-corrected chi connectivity index (χ4v) is 10.3. The van der Waals surface area contributed by atoms with Gasteiger partial charge in [0.05, 0.1) is 0 Å². The summed E-state index contributed by atoms with van der Waals surface area (Å²) in [6.07, 6.45) is 84.2. The molecule has 0 fully saturated rings. The normalized spacial score (nSPS) is 12.3. The van der Waals surface area contributed by atoms with E-state index in [4.69, 9.17) is 14.2 Å². The predicted octanol–water partition coefficient (Wildman–Crippen LogP) is 23.7. The van der Waals surface area contributed by atoms with E-state index in [0.29, 0.717) is 19.3 Å². The van der Waals surface area contributed by atoms with E-state index in [1.165, 1.54) is 257 Å². The zero-order valence-electron chi connectivity index (χ0n) is 52.5. The molecule has 6 nitrogen and oxygen atoms in total. The third kappa shape index (κ3) is 64.2. The van der Waals surface area contributed by atoms with Gasteiger partial charge in [-0.25, -0.2) is 0 Å². The van der Waals surface area contributed by atoms with Gasteiger partial charge in [-0.3, -0.25) is 14.4 Å². The number of carbonyl (C=O) groups is 3. The van der Waals surface area contributed by atoms with Crippen molar-refractivity contribution in [2.45, 2.75) is 380 Å². The van der Waals surface area contributed by atoms with E-state index in [-0.39, 0.29) is 31.1 Å². The topological polar surface area (TPSA) is 78.9 Å². The van der Waals surface area contributed by atoms with Crippen LogP contribution in [0, 0.1) is 0 Å². The Balaban J connectivity index is 4.22. The van der Waals surface area contributed by atoms with Crippen LogP contribution in [0.5, 0.6) is 0 Å². The third-order valence-electron chi connectivity index (χ3n) is 15.6. The molecule has 6 heteroatoms. The summed E-state index contributed by atoms with van der Waals surface area (Å²) in [5.74, 6) is -0.855. The number of unbranched alkanes of at least 4 members (excludes halogenated alkanes) is 45. The van der Waals surface area contributed by atoms with Crippen LogP contribution in [0.25, 0.3) is 0 Å². The van der Waals surface area contributed by atoms with Gasteiger partial charge in [0.1, 0.15) is 13.2 Å². The second kappa shape index (κ2) is 66.9. The molecule has 0 aromatic heterocycles. The standard InChI is InChI=1S/C72H132O6/c1-4-7-10-13-16-19-22-25-28-30-31-32-33-34-35-36-37-38-39-40-41-43-44-47-50-53-56-59-62-65-71(74)77-68-69(67-76-70(73)64-61-58-55-52-49-46-27-24-21-18-15-12-9-6-3)78-72(75)66-63-60-57-54-51-48-45-42-29-26-23-20-17-14-11-8-5-2/h22,24-25,27,30-31,33-34,69H,4-21,23,26,28-29,32,35-68H2,1-3H3/b25-22-,27-24-,31-30-,34-33-. The van der Waals surface area contributed by atoms with Crippen LogP contribution in [0.2, 0.25) is 0 Å². The van der Waals surface area contributed by atoms with Crippen molar-refractivity contribution >= 4 is 17.9 Å². The maximum Gasteiger partial charge on any atom is 0.306 e. The molecule has 0 bridgehead atoms. The van der Waals surface area contributed by atoms with E-state index in [0.717, 1.165) is 77.0 Å². The highest BCUT2D eigenvalue weighted by atomic mass is 16.6. The molecule has 0 aliphatic carbocycles. The van der Waals surface area contributed by atoms with Gasteiger partial charge < -0.3 is 14.2 Å². The lowest BCUT2D eigenvalue weighted by molar-refractivity contribution is -0.167. The molecule has 0 amide bonds. The lowest BCUT2D eigenvalue weighted by atomic mass is 10.0. The van der Waals surface area contributed by atoms with Crippen LogP contribution in [-0.4, -0.2) is 37.2 Å². The van der Waals surface area contributed by atoms with Crippen molar-refractivity contribution in [3.63, 3.8) is 0 Å². The van der Waals surface area contributed by atoms with Gasteiger partial charge in [-0.05, 0) is 83.5 Å². The molecule has 0 rings (SSSR count). The average molecular weight is 1090 g/mol. The molecular weight excluding hydrogens is 961 g/mol. The quantitative estimate of drug-likeness (QED) is 0.0261. The highest BCUT2D eigenvalue weighted by Crippen LogP contribution is 2.18. The number of ether oxygens (including phenoxy) is 3. The Bertz CT molecular complexity index is 1350. The Morgan fingerprint density at radius 3 is 0.731 bits per heavy atom. The van der Waals surface area contributed by atoms with E-state index in [1.807, 2.05) is 0 Å². The summed E-state index contributed by atoms with van der Waals surface area (Å²) >= 11 is 0. The average Bonchev–Trinajstić information content (AvgIpc) is 3.44. The summed E-state index contributed by atoms with van der Waals surface area (Å²) in [5, 5.41) is 0. The molecule has 0 aromatic carbocycles. The summed E-state index contributed by atoms with van der Waals surface area (Å²) in [7, 11) is 0. The lowest BCUT2D eigenvalue weighted by Gasteiger charge is -2.18. The van der Waals surface area contributed by atoms with Gasteiger partial charge in [0.2, 0.25) is 0 Å². The Kier molecular flexibility index (Phi) is 64.6. The first-order chi connectivity index (χ1) is 38.5.